The highest BCUT2D eigenvalue weighted by molar-refractivity contribution is 6.04. The van der Waals surface area contributed by atoms with Crippen LogP contribution in [0.4, 0.5) is 0 Å². The molecule has 0 bridgehead atoms. The molecule has 114 valence electrons. The van der Waals surface area contributed by atoms with Crippen LogP contribution in [0, 0.1) is 0 Å². The van der Waals surface area contributed by atoms with Crippen LogP contribution in [0.1, 0.15) is 27.6 Å². The molecule has 0 radical (unpaired) electrons. The molecule has 6 heteroatoms. The first kappa shape index (κ1) is 15.5. The Balaban J connectivity index is 1.96. The number of nitrogens with zero attached hydrogens (tertiary/aromatic N) is 1. The maximum Gasteiger partial charge on any atom is 0.336 e. The Morgan fingerprint density at radius 1 is 1.29 bits per heavy atom. The largest absolute Gasteiger partial charge is 0.478 e. The maximum absolute atomic E-state index is 12.2. The number of carboxylic acids is 1. The minimum Gasteiger partial charge on any atom is -0.478 e. The van der Waals surface area contributed by atoms with Gasteiger partial charge in [0.2, 0.25) is 0 Å². The normalized spacial score (nSPS) is 17.2. The fourth-order valence-corrected chi connectivity index (χ4v) is 2.39. The second kappa shape index (κ2) is 7.19. The van der Waals surface area contributed by atoms with Crippen molar-refractivity contribution in [1.29, 1.82) is 0 Å². The number of morpholine rings is 1. The summed E-state index contributed by atoms with van der Waals surface area (Å²) in [7, 11) is 0. The van der Waals surface area contributed by atoms with Crippen molar-refractivity contribution in [2.75, 3.05) is 32.8 Å². The van der Waals surface area contributed by atoms with Crippen LogP contribution < -0.4 is 5.32 Å². The number of carbonyl (C=O) groups is 2. The van der Waals surface area contributed by atoms with Gasteiger partial charge in [0.15, 0.2) is 0 Å². The van der Waals surface area contributed by atoms with Gasteiger partial charge >= 0.3 is 5.97 Å². The summed E-state index contributed by atoms with van der Waals surface area (Å²) in [6, 6.07) is 6.17. The van der Waals surface area contributed by atoms with Crippen molar-refractivity contribution in [3.8, 4) is 0 Å². The number of benzene rings is 1. The molecule has 21 heavy (non-hydrogen) atoms. The third-order valence-electron chi connectivity index (χ3n) is 3.42. The van der Waals surface area contributed by atoms with Gasteiger partial charge in [-0.2, -0.15) is 0 Å². The monoisotopic (exact) mass is 292 g/mol. The van der Waals surface area contributed by atoms with E-state index in [4.69, 9.17) is 9.84 Å². The lowest BCUT2D eigenvalue weighted by molar-refractivity contribution is 0.0342. The molecule has 1 aromatic carbocycles. The van der Waals surface area contributed by atoms with Crippen LogP contribution >= 0.6 is 0 Å². The molecule has 2 N–H and O–H groups in total. The summed E-state index contributed by atoms with van der Waals surface area (Å²) in [6.07, 6.45) is 0. The van der Waals surface area contributed by atoms with Crippen LogP contribution in [-0.2, 0) is 4.74 Å². The van der Waals surface area contributed by atoms with Gasteiger partial charge in [-0.1, -0.05) is 12.1 Å². The molecule has 1 aliphatic rings. The molecule has 1 unspecified atom stereocenters. The van der Waals surface area contributed by atoms with Crippen molar-refractivity contribution in [2.24, 2.45) is 0 Å². The first-order valence-corrected chi connectivity index (χ1v) is 7.01. The number of ether oxygens (including phenoxy) is 1. The molecule has 1 fully saturated rings. The minimum absolute atomic E-state index is 0.0218. The second-order valence-corrected chi connectivity index (χ2v) is 5.14. The predicted octanol–water partition coefficient (Wildman–Crippen LogP) is 0.835. The lowest BCUT2D eigenvalue weighted by Crippen LogP contribution is -2.46. The van der Waals surface area contributed by atoms with E-state index in [1.165, 1.54) is 12.1 Å². The summed E-state index contributed by atoms with van der Waals surface area (Å²) in [5, 5.41) is 12.0. The Kier molecular flexibility index (Phi) is 5.30. The fraction of sp³-hybridized carbons (Fsp3) is 0.467. The molecule has 1 aromatic rings. The summed E-state index contributed by atoms with van der Waals surface area (Å²) < 4.78 is 5.28. The Morgan fingerprint density at radius 2 is 1.90 bits per heavy atom. The Hall–Kier alpha value is -1.92. The molecule has 0 saturated carbocycles. The predicted molar refractivity (Wildman–Crippen MR) is 77.6 cm³/mol. The van der Waals surface area contributed by atoms with E-state index in [0.717, 1.165) is 19.6 Å². The highest BCUT2D eigenvalue weighted by atomic mass is 16.5. The Labute approximate surface area is 123 Å². The minimum atomic E-state index is -1.10. The van der Waals surface area contributed by atoms with Crippen LogP contribution in [0.5, 0.6) is 0 Å². The van der Waals surface area contributed by atoms with Crippen molar-refractivity contribution in [3.63, 3.8) is 0 Å². The zero-order chi connectivity index (χ0) is 15.2. The molecule has 1 atom stereocenters. The highest BCUT2D eigenvalue weighted by Crippen LogP contribution is 2.09. The summed E-state index contributed by atoms with van der Waals surface area (Å²) >= 11 is 0. The zero-order valence-corrected chi connectivity index (χ0v) is 12.0. The molecule has 0 spiro atoms. The van der Waals surface area contributed by atoms with Crippen molar-refractivity contribution < 1.29 is 19.4 Å². The molecule has 1 heterocycles. The van der Waals surface area contributed by atoms with Crippen LogP contribution in [0.25, 0.3) is 0 Å². The first-order valence-electron chi connectivity index (χ1n) is 7.01. The van der Waals surface area contributed by atoms with Crippen LogP contribution in [-0.4, -0.2) is 60.8 Å². The van der Waals surface area contributed by atoms with E-state index >= 15 is 0 Å². The zero-order valence-electron chi connectivity index (χ0n) is 12.0. The number of carboxylic acid groups (broad SMARTS) is 1. The molecule has 1 aliphatic heterocycles. The maximum atomic E-state index is 12.2. The second-order valence-electron chi connectivity index (χ2n) is 5.14. The van der Waals surface area contributed by atoms with Crippen LogP contribution in [0.2, 0.25) is 0 Å². The standard InChI is InChI=1S/C15H20N2O4/c1-11(10-17-6-8-21-9-7-17)16-14(18)12-4-2-3-5-13(12)15(19)20/h2-5,11H,6-10H2,1H3,(H,16,18)(H,19,20). The van der Waals surface area contributed by atoms with Gasteiger partial charge in [-0.3, -0.25) is 9.69 Å². The van der Waals surface area contributed by atoms with Gasteiger partial charge in [0.25, 0.3) is 5.91 Å². The molecule has 1 amide bonds. The van der Waals surface area contributed by atoms with E-state index in [9.17, 15) is 9.59 Å². The number of amides is 1. The average Bonchev–Trinajstić information content (AvgIpc) is 2.48. The van der Waals surface area contributed by atoms with E-state index in [1.807, 2.05) is 6.92 Å². The molecule has 6 nitrogen and oxygen atoms in total. The smallest absolute Gasteiger partial charge is 0.336 e. The van der Waals surface area contributed by atoms with Gasteiger partial charge in [0.05, 0.1) is 24.3 Å². The third kappa shape index (κ3) is 4.27. The van der Waals surface area contributed by atoms with Crippen LogP contribution in [0.15, 0.2) is 24.3 Å². The highest BCUT2D eigenvalue weighted by Gasteiger charge is 2.19. The molecule has 1 saturated heterocycles. The summed E-state index contributed by atoms with van der Waals surface area (Å²) in [6.45, 7) is 5.77. The van der Waals surface area contributed by atoms with Crippen molar-refractivity contribution in [1.82, 2.24) is 10.2 Å². The topological polar surface area (TPSA) is 78.9 Å². The van der Waals surface area contributed by atoms with E-state index in [1.54, 1.807) is 12.1 Å². The number of hydrogen-bond acceptors (Lipinski definition) is 4. The van der Waals surface area contributed by atoms with E-state index in [2.05, 4.69) is 10.2 Å². The summed E-state index contributed by atoms with van der Waals surface area (Å²) in [4.78, 5) is 25.6. The molecular weight excluding hydrogens is 272 g/mol. The first-order chi connectivity index (χ1) is 10.1. The number of rotatable bonds is 5. The van der Waals surface area contributed by atoms with E-state index < -0.39 is 5.97 Å². The van der Waals surface area contributed by atoms with Crippen molar-refractivity contribution in [2.45, 2.75) is 13.0 Å². The third-order valence-corrected chi connectivity index (χ3v) is 3.42. The molecule has 0 aromatic heterocycles. The van der Waals surface area contributed by atoms with Gasteiger partial charge in [0.1, 0.15) is 0 Å². The van der Waals surface area contributed by atoms with Gasteiger partial charge in [-0.25, -0.2) is 4.79 Å². The van der Waals surface area contributed by atoms with Gasteiger partial charge in [-0.05, 0) is 19.1 Å². The summed E-state index contributed by atoms with van der Waals surface area (Å²) in [5.41, 5.74) is 0.215. The molecule has 0 aliphatic carbocycles. The van der Waals surface area contributed by atoms with Crippen molar-refractivity contribution >= 4 is 11.9 Å². The molecule has 2 rings (SSSR count). The lowest BCUT2D eigenvalue weighted by Gasteiger charge is -2.29. The van der Waals surface area contributed by atoms with Gasteiger partial charge < -0.3 is 15.2 Å². The number of carbonyl (C=O) groups excluding carboxylic acids is 1. The summed E-state index contributed by atoms with van der Waals surface area (Å²) in [5.74, 6) is -1.45. The van der Waals surface area contributed by atoms with E-state index in [0.29, 0.717) is 13.2 Å². The lowest BCUT2D eigenvalue weighted by atomic mass is 10.1. The SMILES string of the molecule is CC(CN1CCOCC1)NC(=O)c1ccccc1C(=O)O. The number of hydrogen-bond donors (Lipinski definition) is 2. The number of aromatic carboxylic acids is 1. The Morgan fingerprint density at radius 3 is 2.52 bits per heavy atom. The van der Waals surface area contributed by atoms with E-state index in [-0.39, 0.29) is 23.1 Å². The average molecular weight is 292 g/mol. The quantitative estimate of drug-likeness (QED) is 0.840. The van der Waals surface area contributed by atoms with Crippen LogP contribution in [0.3, 0.4) is 0 Å². The Bertz CT molecular complexity index is 512. The van der Waals surface area contributed by atoms with Gasteiger partial charge in [-0.15, -0.1) is 0 Å². The fourth-order valence-electron chi connectivity index (χ4n) is 2.39. The number of nitrogens with one attached hydrogen (secondary N) is 1. The van der Waals surface area contributed by atoms with Gasteiger partial charge in [0, 0.05) is 25.7 Å². The van der Waals surface area contributed by atoms with Crippen molar-refractivity contribution in [3.05, 3.63) is 35.4 Å². The molecular formula is C15H20N2O4.